The first kappa shape index (κ1) is 20.1. The number of amidine groups is 1. The number of non-ortho nitro benzene ring substituents is 1. The molecule has 2 unspecified atom stereocenters. The third kappa shape index (κ3) is 4.98. The van der Waals surface area contributed by atoms with Gasteiger partial charge in [0.2, 0.25) is 11.8 Å². The van der Waals surface area contributed by atoms with E-state index in [0.29, 0.717) is 17.4 Å². The zero-order chi connectivity index (χ0) is 20.1. The molecule has 2 atom stereocenters. The normalized spacial score (nSPS) is 22.9. The SMILES string of the molecule is COc1cc([N+](=O)[O-])ccc1NC(=O)CC1SC(=NCC2CCCO2)NC1=O. The molecule has 2 fully saturated rings. The van der Waals surface area contributed by atoms with Crippen molar-refractivity contribution in [1.82, 2.24) is 5.32 Å². The van der Waals surface area contributed by atoms with Crippen LogP contribution in [0.25, 0.3) is 0 Å². The molecule has 2 N–H and O–H groups in total. The largest absolute Gasteiger partial charge is 0.494 e. The molecule has 10 nitrogen and oxygen atoms in total. The minimum absolute atomic E-state index is 0.0599. The first-order valence-corrected chi connectivity index (χ1v) is 9.60. The number of nitrogens with one attached hydrogen (secondary N) is 2. The average molecular weight is 408 g/mol. The van der Waals surface area contributed by atoms with E-state index in [1.807, 2.05) is 0 Å². The van der Waals surface area contributed by atoms with E-state index in [-0.39, 0.29) is 29.9 Å². The fraction of sp³-hybridized carbons (Fsp3) is 0.471. The quantitative estimate of drug-likeness (QED) is 0.518. The standard InChI is InChI=1S/C17H20N4O6S/c1-26-13-7-10(21(24)25)4-5-12(13)19-15(22)8-14-16(23)20-17(28-14)18-9-11-3-2-6-27-11/h4-5,7,11,14H,2-3,6,8-9H2,1H3,(H,19,22)(H,18,20,23). The Kier molecular flexibility index (Phi) is 6.47. The molecule has 150 valence electrons. The third-order valence-electron chi connectivity index (χ3n) is 4.28. The van der Waals surface area contributed by atoms with E-state index in [0.717, 1.165) is 19.4 Å². The number of hydrogen-bond donors (Lipinski definition) is 2. The number of thioether (sulfide) groups is 1. The zero-order valence-electron chi connectivity index (χ0n) is 15.2. The molecule has 2 amide bonds. The zero-order valence-corrected chi connectivity index (χ0v) is 16.0. The molecule has 0 radical (unpaired) electrons. The molecule has 2 aliphatic rings. The predicted molar refractivity (Wildman–Crippen MR) is 104 cm³/mol. The molecule has 2 saturated heterocycles. The van der Waals surface area contributed by atoms with Crippen molar-refractivity contribution in [2.45, 2.75) is 30.6 Å². The minimum atomic E-state index is -0.590. The fourth-order valence-electron chi connectivity index (χ4n) is 2.85. The third-order valence-corrected chi connectivity index (χ3v) is 5.40. The van der Waals surface area contributed by atoms with Crippen molar-refractivity contribution < 1.29 is 24.0 Å². The van der Waals surface area contributed by atoms with E-state index in [9.17, 15) is 19.7 Å². The Labute approximate surface area is 165 Å². The van der Waals surface area contributed by atoms with Crippen molar-refractivity contribution in [3.8, 4) is 5.75 Å². The van der Waals surface area contributed by atoms with Gasteiger partial charge in [-0.3, -0.25) is 24.7 Å². The summed E-state index contributed by atoms with van der Waals surface area (Å²) in [6, 6.07) is 3.89. The van der Waals surface area contributed by atoms with Gasteiger partial charge in [-0.2, -0.15) is 0 Å². The fourth-order valence-corrected chi connectivity index (χ4v) is 3.83. The maximum atomic E-state index is 12.3. The number of anilines is 1. The molecule has 0 saturated carbocycles. The Morgan fingerprint density at radius 2 is 2.36 bits per heavy atom. The van der Waals surface area contributed by atoms with Crippen molar-refractivity contribution in [2.24, 2.45) is 4.99 Å². The lowest BCUT2D eigenvalue weighted by Gasteiger charge is -2.11. The first-order valence-electron chi connectivity index (χ1n) is 8.72. The summed E-state index contributed by atoms with van der Waals surface area (Å²) in [5.74, 6) is -0.507. The molecule has 2 heterocycles. The molecule has 0 aromatic heterocycles. The number of aliphatic imine (C=N–C) groups is 1. The van der Waals surface area contributed by atoms with Crippen LogP contribution in [0.5, 0.6) is 5.75 Å². The number of methoxy groups -OCH3 is 1. The summed E-state index contributed by atoms with van der Waals surface area (Å²) in [7, 11) is 1.35. The van der Waals surface area contributed by atoms with Crippen LogP contribution >= 0.6 is 11.8 Å². The van der Waals surface area contributed by atoms with Gasteiger partial charge in [-0.1, -0.05) is 11.8 Å². The maximum Gasteiger partial charge on any atom is 0.273 e. The van der Waals surface area contributed by atoms with E-state index in [2.05, 4.69) is 15.6 Å². The Balaban J connectivity index is 1.56. The minimum Gasteiger partial charge on any atom is -0.494 e. The highest BCUT2D eigenvalue weighted by Crippen LogP contribution is 2.30. The van der Waals surface area contributed by atoms with Gasteiger partial charge in [0.25, 0.3) is 5.69 Å². The summed E-state index contributed by atoms with van der Waals surface area (Å²) in [4.78, 5) is 39.0. The molecule has 28 heavy (non-hydrogen) atoms. The Morgan fingerprint density at radius 1 is 1.54 bits per heavy atom. The van der Waals surface area contributed by atoms with Gasteiger partial charge in [-0.15, -0.1) is 0 Å². The lowest BCUT2D eigenvalue weighted by atomic mass is 10.2. The van der Waals surface area contributed by atoms with Gasteiger partial charge in [-0.05, 0) is 18.9 Å². The van der Waals surface area contributed by atoms with E-state index in [1.54, 1.807) is 0 Å². The first-order chi connectivity index (χ1) is 13.5. The number of amides is 2. The number of nitrogens with zero attached hydrogens (tertiary/aromatic N) is 2. The molecule has 11 heteroatoms. The summed E-state index contributed by atoms with van der Waals surface area (Å²) in [5, 5.41) is 16.0. The van der Waals surface area contributed by atoms with E-state index in [4.69, 9.17) is 9.47 Å². The second-order valence-corrected chi connectivity index (χ2v) is 7.46. The Bertz CT molecular complexity index is 809. The molecule has 0 spiro atoms. The topological polar surface area (TPSA) is 132 Å². The van der Waals surface area contributed by atoms with Crippen LogP contribution in [0.1, 0.15) is 19.3 Å². The number of carbonyl (C=O) groups is 2. The van der Waals surface area contributed by atoms with Gasteiger partial charge < -0.3 is 20.1 Å². The lowest BCUT2D eigenvalue weighted by molar-refractivity contribution is -0.384. The van der Waals surface area contributed by atoms with Crippen molar-refractivity contribution >= 4 is 40.1 Å². The van der Waals surface area contributed by atoms with Gasteiger partial charge in [0, 0.05) is 19.1 Å². The molecule has 0 aliphatic carbocycles. The van der Waals surface area contributed by atoms with E-state index in [1.165, 1.54) is 37.1 Å². The van der Waals surface area contributed by atoms with Gasteiger partial charge >= 0.3 is 0 Å². The van der Waals surface area contributed by atoms with Crippen molar-refractivity contribution in [2.75, 3.05) is 25.6 Å². The van der Waals surface area contributed by atoms with Crippen LogP contribution in [0.3, 0.4) is 0 Å². The van der Waals surface area contributed by atoms with Crippen LogP contribution < -0.4 is 15.4 Å². The van der Waals surface area contributed by atoms with Gasteiger partial charge in [-0.25, -0.2) is 0 Å². The van der Waals surface area contributed by atoms with Crippen LogP contribution in [0, 0.1) is 10.1 Å². The molecule has 2 aliphatic heterocycles. The van der Waals surface area contributed by atoms with Gasteiger partial charge in [0.15, 0.2) is 5.17 Å². The van der Waals surface area contributed by atoms with Gasteiger partial charge in [0.1, 0.15) is 11.0 Å². The van der Waals surface area contributed by atoms with Crippen molar-refractivity contribution in [3.05, 3.63) is 28.3 Å². The summed E-state index contributed by atoms with van der Waals surface area (Å²) in [6.07, 6.45) is 2.00. The van der Waals surface area contributed by atoms with Crippen LogP contribution in [0.4, 0.5) is 11.4 Å². The second-order valence-electron chi connectivity index (χ2n) is 6.27. The Morgan fingerprint density at radius 3 is 3.04 bits per heavy atom. The maximum absolute atomic E-state index is 12.3. The molecule has 1 aromatic rings. The van der Waals surface area contributed by atoms with Crippen molar-refractivity contribution in [1.29, 1.82) is 0 Å². The summed E-state index contributed by atoms with van der Waals surface area (Å²) < 4.78 is 10.6. The summed E-state index contributed by atoms with van der Waals surface area (Å²) in [6.45, 7) is 1.23. The average Bonchev–Trinajstić information content (AvgIpc) is 3.30. The summed E-state index contributed by atoms with van der Waals surface area (Å²) >= 11 is 1.21. The van der Waals surface area contributed by atoms with Crippen LogP contribution in [0.2, 0.25) is 0 Å². The predicted octanol–water partition coefficient (Wildman–Crippen LogP) is 1.70. The number of carbonyl (C=O) groups excluding carboxylic acids is 2. The van der Waals surface area contributed by atoms with E-state index < -0.39 is 16.1 Å². The number of nitro groups is 1. The van der Waals surface area contributed by atoms with Crippen LogP contribution in [-0.2, 0) is 14.3 Å². The van der Waals surface area contributed by atoms with Gasteiger partial charge in [0.05, 0.1) is 36.4 Å². The molecule has 3 rings (SSSR count). The number of benzene rings is 1. The highest BCUT2D eigenvalue weighted by atomic mass is 32.2. The monoisotopic (exact) mass is 408 g/mol. The number of rotatable bonds is 7. The number of ether oxygens (including phenoxy) is 2. The smallest absolute Gasteiger partial charge is 0.273 e. The number of hydrogen-bond acceptors (Lipinski definition) is 8. The molecular formula is C17H20N4O6S. The van der Waals surface area contributed by atoms with Crippen molar-refractivity contribution in [3.63, 3.8) is 0 Å². The van der Waals surface area contributed by atoms with Crippen LogP contribution in [-0.4, -0.2) is 53.5 Å². The highest BCUT2D eigenvalue weighted by molar-refractivity contribution is 8.15. The summed E-state index contributed by atoms with van der Waals surface area (Å²) in [5.41, 5.74) is 0.154. The molecule has 1 aromatic carbocycles. The highest BCUT2D eigenvalue weighted by Gasteiger charge is 2.32. The lowest BCUT2D eigenvalue weighted by Crippen LogP contribution is -2.28. The second kappa shape index (κ2) is 9.02. The molecule has 0 bridgehead atoms. The number of nitro benzene ring substituents is 1. The molecular weight excluding hydrogens is 388 g/mol. The van der Waals surface area contributed by atoms with Crippen LogP contribution in [0.15, 0.2) is 23.2 Å². The Hall–Kier alpha value is -2.66. The van der Waals surface area contributed by atoms with E-state index >= 15 is 0 Å².